The van der Waals surface area contributed by atoms with Crippen molar-refractivity contribution in [2.75, 3.05) is 26.6 Å². The van der Waals surface area contributed by atoms with Crippen molar-refractivity contribution in [3.63, 3.8) is 0 Å². The zero-order valence-corrected chi connectivity index (χ0v) is 23.0. The van der Waals surface area contributed by atoms with Crippen molar-refractivity contribution in [3.05, 3.63) is 18.2 Å². The molecule has 4 rings (SSSR count). The normalized spacial score (nSPS) is 33.5. The number of anilines is 1. The predicted octanol–water partition coefficient (Wildman–Crippen LogP) is 2.69. The molecular formula is C28H35NO10. The van der Waals surface area contributed by atoms with Crippen LogP contribution in [0.5, 0.6) is 11.5 Å². The van der Waals surface area contributed by atoms with Crippen LogP contribution in [0.4, 0.5) is 5.69 Å². The minimum atomic E-state index is -1.20. The smallest absolute Gasteiger partial charge is 0.310 e. The molecule has 2 saturated carbocycles. The molecule has 1 aromatic carbocycles. The average molecular weight is 546 g/mol. The van der Waals surface area contributed by atoms with Crippen molar-refractivity contribution in [2.24, 2.45) is 28.6 Å². The number of rotatable bonds is 6. The van der Waals surface area contributed by atoms with Gasteiger partial charge in [0.2, 0.25) is 0 Å². The average Bonchev–Trinajstić information content (AvgIpc) is 2.88. The van der Waals surface area contributed by atoms with E-state index in [0.717, 1.165) is 0 Å². The second-order valence-electron chi connectivity index (χ2n) is 11.0. The number of cyclic esters (lactones) is 1. The molecule has 0 aromatic heterocycles. The van der Waals surface area contributed by atoms with Crippen LogP contribution in [0.2, 0.25) is 0 Å². The number of amides is 1. The zero-order valence-electron chi connectivity index (χ0n) is 23.0. The van der Waals surface area contributed by atoms with Crippen molar-refractivity contribution >= 4 is 35.3 Å². The first kappa shape index (κ1) is 28.4. The summed E-state index contributed by atoms with van der Waals surface area (Å²) in [5.41, 5.74) is -1.56. The molecule has 11 nitrogen and oxygen atoms in total. The summed E-state index contributed by atoms with van der Waals surface area (Å²) in [6.45, 7) is 4.84. The number of esters is 3. The van der Waals surface area contributed by atoms with E-state index >= 15 is 0 Å². The molecule has 0 spiro atoms. The number of hydrogen-bond donors (Lipinski definition) is 1. The van der Waals surface area contributed by atoms with Crippen LogP contribution in [0.1, 0.15) is 46.5 Å². The second kappa shape index (κ2) is 10.5. The monoisotopic (exact) mass is 545 g/mol. The molecule has 1 saturated heterocycles. The molecule has 11 heteroatoms. The maximum Gasteiger partial charge on any atom is 0.310 e. The molecule has 1 aromatic rings. The van der Waals surface area contributed by atoms with Crippen molar-refractivity contribution < 1.29 is 47.7 Å². The number of Topliss-reactive ketones (excluding diaryl/α,β-unsaturated/α-hetero) is 1. The number of carbonyl (C=O) groups is 5. The Kier molecular flexibility index (Phi) is 7.64. The lowest BCUT2D eigenvalue weighted by Crippen LogP contribution is -2.66. The van der Waals surface area contributed by atoms with Crippen LogP contribution in [-0.4, -0.2) is 63.1 Å². The SMILES string of the molecule is COC(=O)[C@@H]1C[C@H](OC(C)=O)C(=O)[C@H]2[C@@]1(C)CC[C@H]1C(=O)O[C@H](C(=O)Nc3ccc(OC)cc3OC)C[C@]21C. The number of ether oxygens (including phenoxy) is 5. The number of carbonyl (C=O) groups excluding carboxylic acids is 5. The molecule has 1 aliphatic heterocycles. The fraction of sp³-hybridized carbons (Fsp3) is 0.607. The van der Waals surface area contributed by atoms with Crippen LogP contribution >= 0.6 is 0 Å². The van der Waals surface area contributed by atoms with Crippen LogP contribution in [0, 0.1) is 28.6 Å². The minimum Gasteiger partial charge on any atom is -0.497 e. The molecule has 1 amide bonds. The largest absolute Gasteiger partial charge is 0.497 e. The van der Waals surface area contributed by atoms with Gasteiger partial charge in [-0.25, -0.2) is 0 Å². The lowest BCUT2D eigenvalue weighted by molar-refractivity contribution is -0.209. The highest BCUT2D eigenvalue weighted by atomic mass is 16.6. The Labute approximate surface area is 226 Å². The topological polar surface area (TPSA) is 144 Å². The maximum atomic E-state index is 13.9. The van der Waals surface area contributed by atoms with E-state index in [1.54, 1.807) is 25.1 Å². The van der Waals surface area contributed by atoms with Crippen LogP contribution in [0.15, 0.2) is 18.2 Å². The summed E-state index contributed by atoms with van der Waals surface area (Å²) in [4.78, 5) is 65.4. The Hall–Kier alpha value is -3.63. The molecule has 1 N–H and O–H groups in total. The van der Waals surface area contributed by atoms with E-state index < -0.39 is 64.6 Å². The van der Waals surface area contributed by atoms with Gasteiger partial charge in [0.25, 0.3) is 5.91 Å². The molecule has 0 unspecified atom stereocenters. The molecule has 1 heterocycles. The summed E-state index contributed by atoms with van der Waals surface area (Å²) in [6, 6.07) is 4.87. The number of fused-ring (bicyclic) bond motifs is 3. The molecular weight excluding hydrogens is 510 g/mol. The number of methoxy groups -OCH3 is 3. The molecule has 3 aliphatic rings. The molecule has 3 fully saturated rings. The summed E-state index contributed by atoms with van der Waals surface area (Å²) in [7, 11) is 4.23. The third kappa shape index (κ3) is 4.83. The Balaban J connectivity index is 1.69. The number of ketones is 1. The lowest BCUT2D eigenvalue weighted by Gasteiger charge is -2.60. The Bertz CT molecular complexity index is 1200. The second-order valence-corrected chi connectivity index (χ2v) is 11.0. The van der Waals surface area contributed by atoms with Gasteiger partial charge >= 0.3 is 17.9 Å². The fourth-order valence-corrected chi connectivity index (χ4v) is 7.08. The van der Waals surface area contributed by atoms with Crippen LogP contribution in [0.3, 0.4) is 0 Å². The molecule has 0 radical (unpaired) electrons. The molecule has 0 bridgehead atoms. The van der Waals surface area contributed by atoms with Crippen LogP contribution < -0.4 is 14.8 Å². The Morgan fingerprint density at radius 3 is 2.38 bits per heavy atom. The van der Waals surface area contributed by atoms with Gasteiger partial charge in [-0.3, -0.25) is 24.0 Å². The van der Waals surface area contributed by atoms with Gasteiger partial charge in [0, 0.05) is 31.7 Å². The minimum absolute atomic E-state index is 0.00442. The summed E-state index contributed by atoms with van der Waals surface area (Å²) < 4.78 is 26.6. The standard InChI is InChI=1S/C28H35NO10/c1-14(30)38-20-12-17(25(33)37-6)27(2)10-9-16-26(34)39-21(13-28(16,3)23(27)22(20)31)24(32)29-18-8-7-15(35-4)11-19(18)36-5/h7-8,11,16-17,20-21,23H,9-10,12-13H2,1-6H3,(H,29,32)/t16-,17-,20-,21-,23-,27-,28-/m0/s1. The molecule has 212 valence electrons. The molecule has 2 aliphatic carbocycles. The Morgan fingerprint density at radius 2 is 1.77 bits per heavy atom. The number of benzene rings is 1. The lowest BCUT2D eigenvalue weighted by atomic mass is 9.43. The summed E-state index contributed by atoms with van der Waals surface area (Å²) >= 11 is 0. The maximum absolute atomic E-state index is 13.9. The van der Waals surface area contributed by atoms with Crippen LogP contribution in [-0.2, 0) is 38.2 Å². The van der Waals surface area contributed by atoms with Gasteiger partial charge in [-0.2, -0.15) is 0 Å². The van der Waals surface area contributed by atoms with Gasteiger partial charge < -0.3 is 29.0 Å². The molecule has 7 atom stereocenters. The quantitative estimate of drug-likeness (QED) is 0.418. The van der Waals surface area contributed by atoms with E-state index in [0.29, 0.717) is 30.0 Å². The fourth-order valence-electron chi connectivity index (χ4n) is 7.08. The van der Waals surface area contributed by atoms with Crippen molar-refractivity contribution in [1.82, 2.24) is 0 Å². The number of hydrogen-bond acceptors (Lipinski definition) is 10. The van der Waals surface area contributed by atoms with E-state index in [9.17, 15) is 24.0 Å². The van der Waals surface area contributed by atoms with E-state index in [-0.39, 0.29) is 18.6 Å². The first-order valence-electron chi connectivity index (χ1n) is 12.9. The zero-order chi connectivity index (χ0) is 28.7. The van der Waals surface area contributed by atoms with Gasteiger partial charge in [-0.15, -0.1) is 0 Å². The van der Waals surface area contributed by atoms with Gasteiger partial charge in [-0.05, 0) is 35.8 Å². The van der Waals surface area contributed by atoms with Gasteiger partial charge in [0.05, 0.1) is 38.9 Å². The van der Waals surface area contributed by atoms with E-state index in [4.69, 9.17) is 23.7 Å². The number of nitrogens with one attached hydrogen (secondary N) is 1. The van der Waals surface area contributed by atoms with Crippen molar-refractivity contribution in [1.29, 1.82) is 0 Å². The van der Waals surface area contributed by atoms with Crippen molar-refractivity contribution in [2.45, 2.75) is 58.7 Å². The Morgan fingerprint density at radius 1 is 1.05 bits per heavy atom. The third-order valence-electron chi connectivity index (χ3n) is 8.86. The predicted molar refractivity (Wildman–Crippen MR) is 136 cm³/mol. The highest BCUT2D eigenvalue weighted by Gasteiger charge is 2.68. The third-order valence-corrected chi connectivity index (χ3v) is 8.86. The van der Waals surface area contributed by atoms with Gasteiger partial charge in [0.15, 0.2) is 18.0 Å². The highest BCUT2D eigenvalue weighted by molar-refractivity contribution is 5.98. The van der Waals surface area contributed by atoms with E-state index in [2.05, 4.69) is 5.32 Å². The van der Waals surface area contributed by atoms with E-state index in [1.165, 1.54) is 28.3 Å². The van der Waals surface area contributed by atoms with Gasteiger partial charge in [-0.1, -0.05) is 13.8 Å². The summed E-state index contributed by atoms with van der Waals surface area (Å²) in [5, 5.41) is 2.75. The summed E-state index contributed by atoms with van der Waals surface area (Å²) in [6.07, 6.45) is -1.54. The van der Waals surface area contributed by atoms with Crippen LogP contribution in [0.25, 0.3) is 0 Å². The van der Waals surface area contributed by atoms with Gasteiger partial charge in [0.1, 0.15) is 11.5 Å². The first-order valence-corrected chi connectivity index (χ1v) is 12.9. The van der Waals surface area contributed by atoms with Crippen molar-refractivity contribution in [3.8, 4) is 11.5 Å². The van der Waals surface area contributed by atoms with E-state index in [1.807, 2.05) is 6.92 Å². The first-order chi connectivity index (χ1) is 18.4. The summed E-state index contributed by atoms with van der Waals surface area (Å²) in [5.74, 6) is -4.05. The highest BCUT2D eigenvalue weighted by Crippen LogP contribution is 2.64. The molecule has 39 heavy (non-hydrogen) atoms.